The van der Waals surface area contributed by atoms with Gasteiger partial charge >= 0.3 is 0 Å². The smallest absolute Gasteiger partial charge is 0.225 e. The van der Waals surface area contributed by atoms with Crippen molar-refractivity contribution in [2.24, 2.45) is 7.05 Å². The van der Waals surface area contributed by atoms with E-state index in [1.54, 1.807) is 11.8 Å². The zero-order valence-electron chi connectivity index (χ0n) is 11.7. The molecule has 5 nitrogen and oxygen atoms in total. The second-order valence-electron chi connectivity index (χ2n) is 4.32. The topological polar surface area (TPSA) is 59.8 Å². The molecule has 0 radical (unpaired) electrons. The van der Waals surface area contributed by atoms with Crippen molar-refractivity contribution in [2.45, 2.75) is 24.9 Å². The van der Waals surface area contributed by atoms with E-state index < -0.39 is 0 Å². The first-order valence-electron chi connectivity index (χ1n) is 6.56. The van der Waals surface area contributed by atoms with E-state index in [9.17, 15) is 4.79 Å². The lowest BCUT2D eigenvalue weighted by Crippen LogP contribution is -2.12. The number of carbonyl (C=O) groups excluding carboxylic acids is 1. The monoisotopic (exact) mass is 290 g/mol. The Hall–Kier alpha value is -1.82. The number of thioether (sulfide) groups is 1. The zero-order valence-corrected chi connectivity index (χ0v) is 12.5. The van der Waals surface area contributed by atoms with E-state index in [0.29, 0.717) is 12.2 Å². The molecule has 20 heavy (non-hydrogen) atoms. The maximum Gasteiger partial charge on any atom is 0.225 e. The molecule has 0 bridgehead atoms. The SMILES string of the molecule is CCc1nnc(SCCC(=O)Nc2ccccc2)n1C. The summed E-state index contributed by atoms with van der Waals surface area (Å²) in [5, 5.41) is 11.9. The number of para-hydroxylation sites is 1. The molecule has 6 heteroatoms. The van der Waals surface area contributed by atoms with Crippen LogP contribution in [0.25, 0.3) is 0 Å². The van der Waals surface area contributed by atoms with Crippen molar-refractivity contribution in [1.29, 1.82) is 0 Å². The molecule has 1 aromatic heterocycles. The summed E-state index contributed by atoms with van der Waals surface area (Å²) >= 11 is 1.55. The lowest BCUT2D eigenvalue weighted by atomic mass is 10.3. The first-order chi connectivity index (χ1) is 9.70. The Bertz CT molecular complexity index is 568. The minimum atomic E-state index is 0.0154. The third kappa shape index (κ3) is 3.84. The summed E-state index contributed by atoms with van der Waals surface area (Å²) in [7, 11) is 1.95. The van der Waals surface area contributed by atoms with Gasteiger partial charge in [0.2, 0.25) is 5.91 Å². The van der Waals surface area contributed by atoms with Crippen molar-refractivity contribution in [1.82, 2.24) is 14.8 Å². The van der Waals surface area contributed by atoms with Crippen LogP contribution in [0.3, 0.4) is 0 Å². The van der Waals surface area contributed by atoms with Gasteiger partial charge in [-0.15, -0.1) is 10.2 Å². The number of anilines is 1. The standard InChI is InChI=1S/C14H18N4OS/c1-3-12-16-17-14(18(12)2)20-10-9-13(19)15-11-7-5-4-6-8-11/h4-8H,3,9-10H2,1-2H3,(H,15,19). The lowest BCUT2D eigenvalue weighted by molar-refractivity contribution is -0.115. The molecule has 0 spiro atoms. The van der Waals surface area contributed by atoms with Crippen LogP contribution in [0, 0.1) is 0 Å². The molecule has 0 saturated heterocycles. The molecule has 0 aliphatic heterocycles. The summed E-state index contributed by atoms with van der Waals surface area (Å²) in [6.45, 7) is 2.05. The summed E-state index contributed by atoms with van der Waals surface area (Å²) < 4.78 is 1.97. The van der Waals surface area contributed by atoms with Crippen molar-refractivity contribution in [2.75, 3.05) is 11.1 Å². The number of carbonyl (C=O) groups is 1. The Morgan fingerprint density at radius 3 is 2.70 bits per heavy atom. The summed E-state index contributed by atoms with van der Waals surface area (Å²) in [5.74, 6) is 1.66. The fourth-order valence-electron chi connectivity index (χ4n) is 1.76. The summed E-state index contributed by atoms with van der Waals surface area (Å²) in [4.78, 5) is 11.8. The molecule has 106 valence electrons. The van der Waals surface area contributed by atoms with E-state index >= 15 is 0 Å². The van der Waals surface area contributed by atoms with Gasteiger partial charge in [0.1, 0.15) is 5.82 Å². The molecule has 0 aliphatic carbocycles. The van der Waals surface area contributed by atoms with Gasteiger partial charge in [0.15, 0.2) is 5.16 Å². The average Bonchev–Trinajstić information content (AvgIpc) is 2.81. The van der Waals surface area contributed by atoms with Gasteiger partial charge in [-0.2, -0.15) is 0 Å². The molecule has 0 atom stereocenters. The van der Waals surface area contributed by atoms with Gasteiger partial charge in [0, 0.05) is 31.3 Å². The molecule has 1 N–H and O–H groups in total. The molecule has 1 amide bonds. The predicted molar refractivity (Wildman–Crippen MR) is 80.8 cm³/mol. The predicted octanol–water partition coefficient (Wildman–Crippen LogP) is 2.50. The molecule has 0 saturated carbocycles. The van der Waals surface area contributed by atoms with Gasteiger partial charge < -0.3 is 9.88 Å². The van der Waals surface area contributed by atoms with Crippen LogP contribution in [-0.4, -0.2) is 26.4 Å². The average molecular weight is 290 g/mol. The molecule has 2 aromatic rings. The molecule has 0 unspecified atom stereocenters. The summed E-state index contributed by atoms with van der Waals surface area (Å²) in [5.41, 5.74) is 0.828. The van der Waals surface area contributed by atoms with Gasteiger partial charge in [-0.25, -0.2) is 0 Å². The number of aryl methyl sites for hydroxylation is 1. The van der Waals surface area contributed by atoms with E-state index in [1.165, 1.54) is 0 Å². The molecule has 1 heterocycles. The highest BCUT2D eigenvalue weighted by Crippen LogP contribution is 2.17. The lowest BCUT2D eigenvalue weighted by Gasteiger charge is -2.05. The van der Waals surface area contributed by atoms with Gasteiger partial charge in [-0.3, -0.25) is 4.79 Å². The van der Waals surface area contributed by atoms with Crippen molar-refractivity contribution in [3.8, 4) is 0 Å². The van der Waals surface area contributed by atoms with Crippen LogP contribution in [0.2, 0.25) is 0 Å². The van der Waals surface area contributed by atoms with Gasteiger partial charge in [0.05, 0.1) is 0 Å². The number of benzene rings is 1. The number of aromatic nitrogens is 3. The Kier molecular flexibility index (Phi) is 5.17. The highest BCUT2D eigenvalue weighted by atomic mass is 32.2. The minimum absolute atomic E-state index is 0.0154. The van der Waals surface area contributed by atoms with E-state index in [-0.39, 0.29) is 5.91 Å². The third-order valence-electron chi connectivity index (χ3n) is 2.86. The quantitative estimate of drug-likeness (QED) is 0.830. The van der Waals surface area contributed by atoms with E-state index in [4.69, 9.17) is 0 Å². The second kappa shape index (κ2) is 7.09. The minimum Gasteiger partial charge on any atom is -0.326 e. The van der Waals surface area contributed by atoms with Crippen LogP contribution >= 0.6 is 11.8 Å². The Labute approximate surface area is 122 Å². The molecular weight excluding hydrogens is 272 g/mol. The van der Waals surface area contributed by atoms with Crippen molar-refractivity contribution < 1.29 is 4.79 Å². The third-order valence-corrected chi connectivity index (χ3v) is 3.88. The Morgan fingerprint density at radius 2 is 2.05 bits per heavy atom. The molecular formula is C14H18N4OS. The largest absolute Gasteiger partial charge is 0.326 e. The number of hydrogen-bond acceptors (Lipinski definition) is 4. The number of rotatable bonds is 6. The second-order valence-corrected chi connectivity index (χ2v) is 5.39. The van der Waals surface area contributed by atoms with Crippen molar-refractivity contribution >= 4 is 23.4 Å². The fraction of sp³-hybridized carbons (Fsp3) is 0.357. The van der Waals surface area contributed by atoms with Crippen LogP contribution < -0.4 is 5.32 Å². The highest BCUT2D eigenvalue weighted by molar-refractivity contribution is 7.99. The number of nitrogens with one attached hydrogen (secondary N) is 1. The first-order valence-corrected chi connectivity index (χ1v) is 7.55. The van der Waals surface area contributed by atoms with E-state index in [2.05, 4.69) is 15.5 Å². The van der Waals surface area contributed by atoms with Crippen LogP contribution in [-0.2, 0) is 18.3 Å². The van der Waals surface area contributed by atoms with Crippen LogP contribution in [0.5, 0.6) is 0 Å². The number of amides is 1. The first kappa shape index (κ1) is 14.6. The van der Waals surface area contributed by atoms with E-state index in [1.807, 2.05) is 48.9 Å². The molecule has 0 aliphatic rings. The summed E-state index contributed by atoms with van der Waals surface area (Å²) in [6, 6.07) is 9.47. The Balaban J connectivity index is 1.78. The maximum atomic E-state index is 11.8. The van der Waals surface area contributed by atoms with Crippen LogP contribution in [0.4, 0.5) is 5.69 Å². The number of nitrogens with zero attached hydrogens (tertiary/aromatic N) is 3. The fourth-order valence-corrected chi connectivity index (χ4v) is 2.63. The van der Waals surface area contributed by atoms with Crippen molar-refractivity contribution in [3.63, 3.8) is 0 Å². The molecule has 1 aromatic carbocycles. The van der Waals surface area contributed by atoms with Gasteiger partial charge in [-0.05, 0) is 12.1 Å². The van der Waals surface area contributed by atoms with E-state index in [0.717, 1.165) is 23.1 Å². The maximum absolute atomic E-state index is 11.8. The zero-order chi connectivity index (χ0) is 14.4. The normalized spacial score (nSPS) is 10.5. The summed E-state index contributed by atoms with van der Waals surface area (Å²) in [6.07, 6.45) is 1.31. The highest BCUT2D eigenvalue weighted by Gasteiger charge is 2.08. The van der Waals surface area contributed by atoms with Gasteiger partial charge in [0.25, 0.3) is 0 Å². The van der Waals surface area contributed by atoms with Crippen LogP contribution in [0.15, 0.2) is 35.5 Å². The molecule has 2 rings (SSSR count). The van der Waals surface area contributed by atoms with Crippen LogP contribution in [0.1, 0.15) is 19.2 Å². The van der Waals surface area contributed by atoms with Gasteiger partial charge in [-0.1, -0.05) is 36.9 Å². The Morgan fingerprint density at radius 1 is 1.30 bits per heavy atom. The van der Waals surface area contributed by atoms with Crippen molar-refractivity contribution in [3.05, 3.63) is 36.2 Å². The molecule has 0 fully saturated rings. The number of hydrogen-bond donors (Lipinski definition) is 1.